The van der Waals surface area contributed by atoms with Crippen molar-refractivity contribution in [3.8, 4) is 0 Å². The molecular formula is C18H17Cl2F4N3O. The summed E-state index contributed by atoms with van der Waals surface area (Å²) >= 11 is 11.9. The van der Waals surface area contributed by atoms with Crippen LogP contribution >= 0.6 is 23.2 Å². The number of carbonyl (C=O) groups excluding carboxylic acids is 1. The number of alkyl halides is 4. The van der Waals surface area contributed by atoms with Crippen molar-refractivity contribution in [2.45, 2.75) is 37.1 Å². The van der Waals surface area contributed by atoms with E-state index in [9.17, 15) is 22.4 Å². The van der Waals surface area contributed by atoms with Crippen LogP contribution in [0.5, 0.6) is 0 Å². The second kappa shape index (κ2) is 7.91. The van der Waals surface area contributed by atoms with Crippen LogP contribution in [-0.4, -0.2) is 48.1 Å². The maximum atomic E-state index is 14.3. The maximum Gasteiger partial charge on any atom is 0.433 e. The van der Waals surface area contributed by atoms with Gasteiger partial charge < -0.3 is 10.2 Å². The number of aliphatic imine (C=N–C) groups is 1. The molecule has 152 valence electrons. The summed E-state index contributed by atoms with van der Waals surface area (Å²) in [4.78, 5) is 17.3. The van der Waals surface area contributed by atoms with Gasteiger partial charge in [0.2, 0.25) is 0 Å². The van der Waals surface area contributed by atoms with Gasteiger partial charge in [-0.05, 0) is 31.1 Å². The minimum Gasteiger partial charge on any atom is -0.354 e. The topological polar surface area (TPSA) is 44.7 Å². The van der Waals surface area contributed by atoms with Crippen LogP contribution in [0.4, 0.5) is 17.6 Å². The molecule has 0 radical (unpaired) electrons. The van der Waals surface area contributed by atoms with E-state index in [0.29, 0.717) is 12.8 Å². The summed E-state index contributed by atoms with van der Waals surface area (Å²) in [5.41, 5.74) is -2.18. The lowest BCUT2D eigenvalue weighted by atomic mass is 10.1. The molecule has 1 aromatic carbocycles. The molecule has 1 heterocycles. The summed E-state index contributed by atoms with van der Waals surface area (Å²) in [6.07, 6.45) is -1.66. The van der Waals surface area contributed by atoms with Gasteiger partial charge in [-0.25, -0.2) is 9.38 Å². The standard InChI is InChI=1S/C18H17Cl2F4N3O/c19-13-3-1-2-12(15(13)20)16(28)25-9-11(8-17(21)5-6-17)27-7-4-14(26-10-27)18(22,23)24/h1-4,10-11H,5-9H2,(H,25,28). The fourth-order valence-corrected chi connectivity index (χ4v) is 3.30. The predicted molar refractivity (Wildman–Crippen MR) is 99.6 cm³/mol. The van der Waals surface area contributed by atoms with Gasteiger partial charge in [0, 0.05) is 19.5 Å². The lowest BCUT2D eigenvalue weighted by molar-refractivity contribution is -0.0930. The fraction of sp³-hybridized carbons (Fsp3) is 0.444. The predicted octanol–water partition coefficient (Wildman–Crippen LogP) is 4.77. The first-order chi connectivity index (χ1) is 13.1. The summed E-state index contributed by atoms with van der Waals surface area (Å²) < 4.78 is 52.5. The van der Waals surface area contributed by atoms with Gasteiger partial charge in [-0.1, -0.05) is 29.3 Å². The Bertz CT molecular complexity index is 822. The zero-order valence-electron chi connectivity index (χ0n) is 14.6. The normalized spacial score (nSPS) is 19.2. The first-order valence-electron chi connectivity index (χ1n) is 8.57. The minimum absolute atomic E-state index is 0.0224. The Morgan fingerprint density at radius 1 is 1.32 bits per heavy atom. The van der Waals surface area contributed by atoms with E-state index in [4.69, 9.17) is 23.2 Å². The molecule has 1 atom stereocenters. The van der Waals surface area contributed by atoms with Crippen molar-refractivity contribution < 1.29 is 22.4 Å². The molecule has 1 unspecified atom stereocenters. The molecule has 0 spiro atoms. The van der Waals surface area contributed by atoms with Crippen molar-refractivity contribution in [1.29, 1.82) is 0 Å². The molecule has 1 fully saturated rings. The highest BCUT2D eigenvalue weighted by Gasteiger charge is 2.46. The number of nitrogens with zero attached hydrogens (tertiary/aromatic N) is 2. The van der Waals surface area contributed by atoms with Crippen LogP contribution in [0.3, 0.4) is 0 Å². The molecule has 4 nitrogen and oxygen atoms in total. The lowest BCUT2D eigenvalue weighted by Gasteiger charge is -2.32. The molecule has 0 aromatic heterocycles. The van der Waals surface area contributed by atoms with E-state index in [1.807, 2.05) is 0 Å². The van der Waals surface area contributed by atoms with E-state index in [1.165, 1.54) is 17.0 Å². The van der Waals surface area contributed by atoms with Gasteiger partial charge in [0.05, 0.1) is 28.0 Å². The second-order valence-electron chi connectivity index (χ2n) is 6.85. The van der Waals surface area contributed by atoms with Gasteiger partial charge >= 0.3 is 6.18 Å². The third-order valence-corrected chi connectivity index (χ3v) is 5.51. The number of nitrogens with one attached hydrogen (secondary N) is 1. The zero-order chi connectivity index (χ0) is 20.5. The maximum absolute atomic E-state index is 14.3. The van der Waals surface area contributed by atoms with E-state index in [2.05, 4.69) is 10.3 Å². The minimum atomic E-state index is -4.53. The highest BCUT2D eigenvalue weighted by molar-refractivity contribution is 6.43. The van der Waals surface area contributed by atoms with Crippen molar-refractivity contribution in [3.63, 3.8) is 0 Å². The van der Waals surface area contributed by atoms with Gasteiger partial charge in [0.25, 0.3) is 5.91 Å². The van der Waals surface area contributed by atoms with Gasteiger partial charge in [-0.15, -0.1) is 0 Å². The summed E-state index contributed by atoms with van der Waals surface area (Å²) in [5.74, 6) is -0.498. The number of halogens is 6. The van der Waals surface area contributed by atoms with E-state index >= 15 is 0 Å². The van der Waals surface area contributed by atoms with E-state index in [-0.39, 0.29) is 35.1 Å². The number of rotatable bonds is 6. The largest absolute Gasteiger partial charge is 0.433 e. The van der Waals surface area contributed by atoms with Crippen LogP contribution in [-0.2, 0) is 0 Å². The molecule has 0 bridgehead atoms. The third kappa shape index (κ3) is 4.97. The Hall–Kier alpha value is -1.80. The Morgan fingerprint density at radius 2 is 2.04 bits per heavy atom. The highest BCUT2D eigenvalue weighted by Crippen LogP contribution is 2.44. The third-order valence-electron chi connectivity index (χ3n) is 4.69. The van der Waals surface area contributed by atoms with Crippen molar-refractivity contribution in [1.82, 2.24) is 10.2 Å². The Kier molecular flexibility index (Phi) is 5.91. The fourth-order valence-electron chi connectivity index (χ4n) is 2.91. The molecule has 1 N–H and O–H groups in total. The van der Waals surface area contributed by atoms with Crippen LogP contribution in [0.15, 0.2) is 35.0 Å². The van der Waals surface area contributed by atoms with Gasteiger partial charge in [0.1, 0.15) is 11.4 Å². The summed E-state index contributed by atoms with van der Waals surface area (Å²) in [7, 11) is 0. The van der Waals surface area contributed by atoms with E-state index < -0.39 is 29.5 Å². The number of allylic oxidation sites excluding steroid dienone is 1. The number of hydrogen-bond donors (Lipinski definition) is 1. The molecule has 0 saturated heterocycles. The number of benzene rings is 1. The van der Waals surface area contributed by atoms with E-state index in [1.54, 1.807) is 6.07 Å². The average Bonchev–Trinajstić information content (AvgIpc) is 3.37. The van der Waals surface area contributed by atoms with Crippen LogP contribution in [0, 0.1) is 0 Å². The van der Waals surface area contributed by atoms with Crippen LogP contribution < -0.4 is 5.32 Å². The van der Waals surface area contributed by atoms with Crippen LogP contribution in [0.1, 0.15) is 29.6 Å². The summed E-state index contributed by atoms with van der Waals surface area (Å²) in [6.45, 7) is -0.0541. The van der Waals surface area contributed by atoms with Gasteiger partial charge in [-0.2, -0.15) is 13.2 Å². The number of carbonyl (C=O) groups is 1. The molecule has 1 aliphatic heterocycles. The first kappa shape index (κ1) is 20.9. The Labute approximate surface area is 169 Å². The monoisotopic (exact) mass is 437 g/mol. The first-order valence-corrected chi connectivity index (χ1v) is 9.33. The van der Waals surface area contributed by atoms with Crippen molar-refractivity contribution in [3.05, 3.63) is 45.6 Å². The molecule has 1 saturated carbocycles. The van der Waals surface area contributed by atoms with Crippen LogP contribution in [0.2, 0.25) is 10.0 Å². The lowest BCUT2D eigenvalue weighted by Crippen LogP contribution is -2.46. The highest BCUT2D eigenvalue weighted by atomic mass is 35.5. The average molecular weight is 438 g/mol. The zero-order valence-corrected chi connectivity index (χ0v) is 16.1. The molecule has 1 amide bonds. The smallest absolute Gasteiger partial charge is 0.354 e. The van der Waals surface area contributed by atoms with Crippen molar-refractivity contribution >= 4 is 35.4 Å². The number of hydrogen-bond acceptors (Lipinski definition) is 3. The van der Waals surface area contributed by atoms with Crippen LogP contribution in [0.25, 0.3) is 0 Å². The molecule has 1 aromatic rings. The second-order valence-corrected chi connectivity index (χ2v) is 7.63. The molecule has 1 aliphatic carbocycles. The molecule has 2 aliphatic rings. The van der Waals surface area contributed by atoms with Gasteiger partial charge in [-0.3, -0.25) is 4.79 Å². The molecule has 3 rings (SSSR count). The van der Waals surface area contributed by atoms with Crippen molar-refractivity contribution in [2.24, 2.45) is 4.99 Å². The van der Waals surface area contributed by atoms with Gasteiger partial charge in [0.15, 0.2) is 0 Å². The Balaban J connectivity index is 1.68. The quantitative estimate of drug-likeness (QED) is 0.651. The van der Waals surface area contributed by atoms with Crippen molar-refractivity contribution in [2.75, 3.05) is 13.1 Å². The Morgan fingerprint density at radius 3 is 2.61 bits per heavy atom. The molecular weight excluding hydrogens is 421 g/mol. The van der Waals surface area contributed by atoms with E-state index in [0.717, 1.165) is 12.4 Å². The molecule has 10 heteroatoms. The summed E-state index contributed by atoms with van der Waals surface area (Å²) in [6, 6.07) is 4.06. The number of amides is 1. The SMILES string of the molecule is O=C(NCC(CC1(F)CC1)N1C=NC(C(F)(F)F)=CC1)c1cccc(Cl)c1Cl. The summed E-state index contributed by atoms with van der Waals surface area (Å²) in [5, 5.41) is 2.98. The molecule has 28 heavy (non-hydrogen) atoms.